The quantitative estimate of drug-likeness (QED) is 0.300. The molecular formula is C25H19F5N4O3S. The second-order valence-corrected chi connectivity index (χ2v) is 10.4. The van der Waals surface area contributed by atoms with E-state index in [1.807, 2.05) is 0 Å². The van der Waals surface area contributed by atoms with Crippen molar-refractivity contribution in [3.05, 3.63) is 83.4 Å². The predicted octanol–water partition coefficient (Wildman–Crippen LogP) is 5.16. The van der Waals surface area contributed by atoms with Gasteiger partial charge in [-0.3, -0.25) is 14.8 Å². The first kappa shape index (κ1) is 27.3. The maximum Gasteiger partial charge on any atom is 0.433 e. The van der Waals surface area contributed by atoms with Crippen molar-refractivity contribution in [2.45, 2.75) is 42.5 Å². The number of aromatic nitrogens is 2. The SMILES string of the molecule is [C-]#[N+]c1cnc(-c2ccc(C(F)(F)F)nc2)cc1CCC(=O)[C@@H]1[C@@H](F)CCN1S(=O)(=O)c1ccc(F)cc1. The average Bonchev–Trinajstić information content (AvgIpc) is 3.29. The molecule has 1 aliphatic heterocycles. The van der Waals surface area contributed by atoms with Gasteiger partial charge < -0.3 is 0 Å². The summed E-state index contributed by atoms with van der Waals surface area (Å²) < 4.78 is 93.2. The number of hydrogen-bond acceptors (Lipinski definition) is 5. The third-order valence-electron chi connectivity index (χ3n) is 6.10. The number of Topliss-reactive ketones (excluding diaryl/α,β-unsaturated/α-hetero) is 1. The van der Waals surface area contributed by atoms with E-state index < -0.39 is 45.7 Å². The molecule has 0 spiro atoms. The van der Waals surface area contributed by atoms with E-state index >= 15 is 0 Å². The highest BCUT2D eigenvalue weighted by atomic mass is 32.2. The van der Waals surface area contributed by atoms with Gasteiger partial charge in [-0.25, -0.2) is 22.0 Å². The monoisotopic (exact) mass is 550 g/mol. The lowest BCUT2D eigenvalue weighted by molar-refractivity contribution is -0.141. The summed E-state index contributed by atoms with van der Waals surface area (Å²) >= 11 is 0. The van der Waals surface area contributed by atoms with E-state index in [4.69, 9.17) is 6.57 Å². The minimum absolute atomic E-state index is 0.0617. The number of aryl methyl sites for hydroxylation is 1. The molecule has 0 bridgehead atoms. The Labute approximate surface area is 214 Å². The van der Waals surface area contributed by atoms with Crippen LogP contribution in [-0.2, 0) is 27.4 Å². The number of rotatable bonds is 7. The van der Waals surface area contributed by atoms with Crippen LogP contribution in [0.4, 0.5) is 27.6 Å². The highest BCUT2D eigenvalue weighted by Crippen LogP contribution is 2.32. The van der Waals surface area contributed by atoms with Gasteiger partial charge >= 0.3 is 6.18 Å². The van der Waals surface area contributed by atoms with Crippen molar-refractivity contribution in [2.75, 3.05) is 6.54 Å². The van der Waals surface area contributed by atoms with Gasteiger partial charge in [0.2, 0.25) is 15.7 Å². The number of alkyl halides is 4. The molecule has 3 aromatic rings. The first-order chi connectivity index (χ1) is 17.9. The molecule has 3 heterocycles. The summed E-state index contributed by atoms with van der Waals surface area (Å²) in [5.74, 6) is -1.35. The molecule has 1 aromatic carbocycles. The van der Waals surface area contributed by atoms with Gasteiger partial charge in [0, 0.05) is 30.9 Å². The molecule has 13 heteroatoms. The molecule has 0 aliphatic carbocycles. The fraction of sp³-hybridized carbons (Fsp3) is 0.280. The third-order valence-corrected chi connectivity index (χ3v) is 8.00. The highest BCUT2D eigenvalue weighted by Gasteiger charge is 2.45. The van der Waals surface area contributed by atoms with Crippen molar-refractivity contribution < 1.29 is 35.2 Å². The average molecular weight is 551 g/mol. The van der Waals surface area contributed by atoms with Crippen LogP contribution in [-0.4, -0.2) is 47.2 Å². The summed E-state index contributed by atoms with van der Waals surface area (Å²) in [4.78, 5) is 23.6. The lowest BCUT2D eigenvalue weighted by atomic mass is 10.00. The molecule has 198 valence electrons. The summed E-state index contributed by atoms with van der Waals surface area (Å²) in [7, 11) is -4.27. The van der Waals surface area contributed by atoms with E-state index in [1.165, 1.54) is 18.3 Å². The molecule has 7 nitrogen and oxygen atoms in total. The van der Waals surface area contributed by atoms with Gasteiger partial charge in [-0.15, -0.1) is 0 Å². The molecule has 2 aromatic heterocycles. The number of pyridine rings is 2. The first-order valence-electron chi connectivity index (χ1n) is 11.3. The Hall–Kier alpha value is -3.76. The van der Waals surface area contributed by atoms with Crippen LogP contribution in [0.15, 0.2) is 59.8 Å². The molecule has 0 saturated carbocycles. The molecule has 1 fully saturated rings. The van der Waals surface area contributed by atoms with Crippen molar-refractivity contribution in [3.63, 3.8) is 0 Å². The number of carbonyl (C=O) groups excluding carboxylic acids is 1. The molecule has 0 radical (unpaired) electrons. The smallest absolute Gasteiger partial charge is 0.298 e. The van der Waals surface area contributed by atoms with Crippen LogP contribution in [0.3, 0.4) is 0 Å². The van der Waals surface area contributed by atoms with E-state index in [0.717, 1.165) is 40.8 Å². The predicted molar refractivity (Wildman–Crippen MR) is 126 cm³/mol. The molecule has 2 atom stereocenters. The Morgan fingerprint density at radius 1 is 1.11 bits per heavy atom. The number of benzene rings is 1. The molecule has 0 unspecified atom stereocenters. The molecule has 1 saturated heterocycles. The highest BCUT2D eigenvalue weighted by molar-refractivity contribution is 7.89. The summed E-state index contributed by atoms with van der Waals surface area (Å²) in [6.45, 7) is 7.12. The lowest BCUT2D eigenvalue weighted by Crippen LogP contribution is -2.44. The standard InChI is InChI=1S/C25H19F5N4O3S/c1-31-21-14-32-20(16-3-9-23(33-13-16)25(28,29)30)12-15(21)2-8-22(35)24-19(27)10-11-34(24)38(36,37)18-6-4-17(26)5-7-18/h3-7,9,12-14,19,24H,2,8,10-11H2/t19-,24-/m0/s1. The van der Waals surface area contributed by atoms with Gasteiger partial charge in [0.05, 0.1) is 17.2 Å². The normalized spacial score (nSPS) is 18.3. The molecule has 0 amide bonds. The maximum atomic E-state index is 14.7. The van der Waals surface area contributed by atoms with E-state index in [9.17, 15) is 35.2 Å². The Bertz CT molecular complexity index is 1490. The van der Waals surface area contributed by atoms with Gasteiger partial charge in [-0.05, 0) is 60.9 Å². The van der Waals surface area contributed by atoms with Crippen molar-refractivity contribution in [3.8, 4) is 11.3 Å². The summed E-state index contributed by atoms with van der Waals surface area (Å²) in [5.41, 5.74) is -0.202. The maximum absolute atomic E-state index is 14.7. The van der Waals surface area contributed by atoms with E-state index in [0.29, 0.717) is 5.56 Å². The topological polar surface area (TPSA) is 84.6 Å². The molecule has 1 aliphatic rings. The van der Waals surface area contributed by atoms with E-state index in [1.54, 1.807) is 0 Å². The Morgan fingerprint density at radius 3 is 2.42 bits per heavy atom. The third kappa shape index (κ3) is 5.56. The minimum Gasteiger partial charge on any atom is -0.298 e. The Balaban J connectivity index is 1.54. The molecule has 38 heavy (non-hydrogen) atoms. The zero-order valence-corrected chi connectivity index (χ0v) is 20.3. The number of hydrogen-bond donors (Lipinski definition) is 0. The number of carbonyl (C=O) groups is 1. The largest absolute Gasteiger partial charge is 0.433 e. The first-order valence-corrected chi connectivity index (χ1v) is 12.7. The number of sulfonamides is 1. The number of ketones is 1. The summed E-state index contributed by atoms with van der Waals surface area (Å²) in [6.07, 6.45) is -4.72. The van der Waals surface area contributed by atoms with Crippen LogP contribution >= 0.6 is 0 Å². The van der Waals surface area contributed by atoms with E-state index in [-0.39, 0.29) is 47.6 Å². The van der Waals surface area contributed by atoms with Gasteiger partial charge in [0.1, 0.15) is 23.7 Å². The van der Waals surface area contributed by atoms with Crippen molar-refractivity contribution in [1.82, 2.24) is 14.3 Å². The fourth-order valence-electron chi connectivity index (χ4n) is 4.17. The summed E-state index contributed by atoms with van der Waals surface area (Å²) in [6, 6.07) is 5.79. The molecule has 4 rings (SSSR count). The second kappa shape index (κ2) is 10.5. The van der Waals surface area contributed by atoms with Gasteiger partial charge in [-0.1, -0.05) is 0 Å². The lowest BCUT2D eigenvalue weighted by Gasteiger charge is -2.24. The van der Waals surface area contributed by atoms with Crippen LogP contribution in [0.2, 0.25) is 0 Å². The fourth-order valence-corrected chi connectivity index (χ4v) is 5.81. The Morgan fingerprint density at radius 2 is 1.82 bits per heavy atom. The van der Waals surface area contributed by atoms with Crippen molar-refractivity contribution in [1.29, 1.82) is 0 Å². The van der Waals surface area contributed by atoms with Crippen LogP contribution < -0.4 is 0 Å². The number of halogens is 5. The van der Waals surface area contributed by atoms with Gasteiger partial charge in [0.25, 0.3) is 0 Å². The van der Waals surface area contributed by atoms with Crippen molar-refractivity contribution in [2.24, 2.45) is 0 Å². The van der Waals surface area contributed by atoms with Crippen LogP contribution in [0, 0.1) is 12.4 Å². The van der Waals surface area contributed by atoms with E-state index in [2.05, 4.69) is 14.8 Å². The zero-order valence-electron chi connectivity index (χ0n) is 19.5. The van der Waals surface area contributed by atoms with Crippen molar-refractivity contribution >= 4 is 21.5 Å². The van der Waals surface area contributed by atoms with Crippen LogP contribution in [0.1, 0.15) is 24.1 Å². The van der Waals surface area contributed by atoms with Gasteiger partial charge in [-0.2, -0.15) is 17.5 Å². The van der Waals surface area contributed by atoms with Crippen LogP contribution in [0.25, 0.3) is 16.1 Å². The minimum atomic E-state index is -4.61. The number of nitrogens with zero attached hydrogens (tertiary/aromatic N) is 4. The Kier molecular flexibility index (Phi) is 7.57. The van der Waals surface area contributed by atoms with Crippen LogP contribution in [0.5, 0.6) is 0 Å². The van der Waals surface area contributed by atoms with Gasteiger partial charge in [0.15, 0.2) is 5.78 Å². The zero-order chi connectivity index (χ0) is 27.7. The second-order valence-electron chi connectivity index (χ2n) is 8.53. The molecule has 0 N–H and O–H groups in total. The summed E-state index contributed by atoms with van der Waals surface area (Å²) in [5, 5.41) is 0. The molecular weight excluding hydrogens is 531 g/mol.